The minimum atomic E-state index is -0.432. The zero-order valence-corrected chi connectivity index (χ0v) is 20.4. The number of amides is 2. The average Bonchev–Trinajstić information content (AvgIpc) is 3.11. The van der Waals surface area contributed by atoms with Gasteiger partial charge in [-0.05, 0) is 53.7 Å². The number of rotatable bonds is 7. The Morgan fingerprint density at radius 1 is 1.12 bits per heavy atom. The molecular formula is C25H19ClN2O4S2. The SMILES string of the molecule is COc1cc(C=C2SC(=S)N(NC(=O)c3ccccc3)C2=O)cc(Cl)c1OCc1ccccc1. The molecule has 34 heavy (non-hydrogen) atoms. The van der Waals surface area contributed by atoms with E-state index in [9.17, 15) is 9.59 Å². The number of nitrogens with one attached hydrogen (secondary N) is 1. The van der Waals surface area contributed by atoms with Crippen LogP contribution in [0.5, 0.6) is 11.5 Å². The molecule has 3 aromatic carbocycles. The Balaban J connectivity index is 1.51. The zero-order chi connectivity index (χ0) is 24.1. The van der Waals surface area contributed by atoms with Crippen molar-refractivity contribution in [2.45, 2.75) is 6.61 Å². The average molecular weight is 511 g/mol. The number of methoxy groups -OCH3 is 1. The number of hydrogen-bond acceptors (Lipinski definition) is 6. The summed E-state index contributed by atoms with van der Waals surface area (Å²) in [6, 6.07) is 21.7. The van der Waals surface area contributed by atoms with E-state index in [0.29, 0.717) is 39.2 Å². The number of nitrogens with zero attached hydrogens (tertiary/aromatic N) is 1. The van der Waals surface area contributed by atoms with Gasteiger partial charge in [0.25, 0.3) is 11.8 Å². The zero-order valence-electron chi connectivity index (χ0n) is 18.0. The van der Waals surface area contributed by atoms with E-state index in [4.69, 9.17) is 33.3 Å². The molecule has 0 saturated carbocycles. The number of ether oxygens (including phenoxy) is 2. The summed E-state index contributed by atoms with van der Waals surface area (Å²) in [5, 5.41) is 1.41. The molecule has 9 heteroatoms. The lowest BCUT2D eigenvalue weighted by molar-refractivity contribution is -0.123. The monoisotopic (exact) mass is 510 g/mol. The van der Waals surface area contributed by atoms with Crippen molar-refractivity contribution in [1.82, 2.24) is 10.4 Å². The van der Waals surface area contributed by atoms with Crippen molar-refractivity contribution < 1.29 is 19.1 Å². The van der Waals surface area contributed by atoms with Gasteiger partial charge in [0.05, 0.1) is 17.0 Å². The molecule has 0 bridgehead atoms. The van der Waals surface area contributed by atoms with E-state index in [1.165, 1.54) is 7.11 Å². The van der Waals surface area contributed by atoms with Crippen molar-refractivity contribution in [3.8, 4) is 11.5 Å². The second-order valence-corrected chi connectivity index (χ2v) is 9.22. The number of thiocarbonyl (C=S) groups is 1. The maximum atomic E-state index is 12.9. The number of carbonyl (C=O) groups excluding carboxylic acids is 2. The molecule has 4 rings (SSSR count). The fourth-order valence-electron chi connectivity index (χ4n) is 3.16. The van der Waals surface area contributed by atoms with Gasteiger partial charge in [0.1, 0.15) is 6.61 Å². The fraction of sp³-hybridized carbons (Fsp3) is 0.0800. The molecule has 0 aliphatic carbocycles. The van der Waals surface area contributed by atoms with Crippen molar-refractivity contribution in [1.29, 1.82) is 0 Å². The van der Waals surface area contributed by atoms with Crippen LogP contribution in [0.1, 0.15) is 21.5 Å². The highest BCUT2D eigenvalue weighted by molar-refractivity contribution is 8.26. The van der Waals surface area contributed by atoms with Crippen molar-refractivity contribution in [2.75, 3.05) is 7.11 Å². The quantitative estimate of drug-likeness (QED) is 0.335. The summed E-state index contributed by atoms with van der Waals surface area (Å²) in [4.78, 5) is 25.7. The van der Waals surface area contributed by atoms with Crippen LogP contribution in [0.3, 0.4) is 0 Å². The second kappa shape index (κ2) is 10.7. The molecule has 172 valence electrons. The van der Waals surface area contributed by atoms with Gasteiger partial charge in [0, 0.05) is 5.56 Å². The van der Waals surface area contributed by atoms with Crippen molar-refractivity contribution >= 4 is 57.8 Å². The van der Waals surface area contributed by atoms with Crippen molar-refractivity contribution in [2.24, 2.45) is 0 Å². The topological polar surface area (TPSA) is 67.9 Å². The van der Waals surface area contributed by atoms with Gasteiger partial charge in [-0.2, -0.15) is 5.01 Å². The molecule has 1 saturated heterocycles. The van der Waals surface area contributed by atoms with Gasteiger partial charge in [-0.25, -0.2) is 0 Å². The van der Waals surface area contributed by atoms with Gasteiger partial charge in [-0.3, -0.25) is 15.0 Å². The van der Waals surface area contributed by atoms with Gasteiger partial charge >= 0.3 is 0 Å². The number of hydrazine groups is 1. The van der Waals surface area contributed by atoms with Gasteiger partial charge in [-0.1, -0.05) is 71.9 Å². The lowest BCUT2D eigenvalue weighted by Crippen LogP contribution is -2.44. The highest BCUT2D eigenvalue weighted by Crippen LogP contribution is 2.39. The number of benzene rings is 3. The van der Waals surface area contributed by atoms with E-state index < -0.39 is 11.8 Å². The molecule has 0 radical (unpaired) electrons. The Hall–Kier alpha value is -3.33. The Morgan fingerprint density at radius 2 is 1.79 bits per heavy atom. The summed E-state index contributed by atoms with van der Waals surface area (Å²) in [6.07, 6.45) is 1.64. The van der Waals surface area contributed by atoms with Crippen LogP contribution in [-0.4, -0.2) is 28.3 Å². The molecule has 0 atom stereocenters. The van der Waals surface area contributed by atoms with Crippen LogP contribution in [0, 0.1) is 0 Å². The van der Waals surface area contributed by atoms with Crippen LogP contribution in [0.25, 0.3) is 6.08 Å². The normalized spacial score (nSPS) is 14.4. The van der Waals surface area contributed by atoms with Gasteiger partial charge in [0.15, 0.2) is 15.8 Å². The van der Waals surface area contributed by atoms with Crippen molar-refractivity contribution in [3.05, 3.63) is 99.4 Å². The first-order valence-corrected chi connectivity index (χ1v) is 11.7. The highest BCUT2D eigenvalue weighted by atomic mass is 35.5. The molecule has 0 unspecified atom stereocenters. The summed E-state index contributed by atoms with van der Waals surface area (Å²) < 4.78 is 11.6. The standard InChI is InChI=1S/C25H19ClN2O4S2/c1-31-20-13-17(12-19(26)22(20)32-15-16-8-4-2-5-9-16)14-21-24(30)28(25(33)34-21)27-23(29)18-10-6-3-7-11-18/h2-14H,15H2,1H3,(H,27,29). The maximum absolute atomic E-state index is 12.9. The Bertz CT molecular complexity index is 1270. The van der Waals surface area contributed by atoms with Crippen LogP contribution in [0.2, 0.25) is 5.02 Å². The molecule has 1 aliphatic rings. The highest BCUT2D eigenvalue weighted by Gasteiger charge is 2.34. The number of halogens is 1. The van der Waals surface area contributed by atoms with E-state index in [-0.39, 0.29) is 4.32 Å². The summed E-state index contributed by atoms with van der Waals surface area (Å²) in [5.74, 6) is -0.0167. The van der Waals surface area contributed by atoms with Gasteiger partial charge in [-0.15, -0.1) is 0 Å². The van der Waals surface area contributed by atoms with Crippen molar-refractivity contribution in [3.63, 3.8) is 0 Å². The van der Waals surface area contributed by atoms with Crippen LogP contribution in [0.4, 0.5) is 0 Å². The van der Waals surface area contributed by atoms with Gasteiger partial charge in [0.2, 0.25) is 0 Å². The smallest absolute Gasteiger partial charge is 0.285 e. The summed E-state index contributed by atoms with van der Waals surface area (Å²) in [6.45, 7) is 0.329. The molecule has 2 amide bonds. The van der Waals surface area contributed by atoms with Crippen LogP contribution < -0.4 is 14.9 Å². The summed E-state index contributed by atoms with van der Waals surface area (Å²) in [7, 11) is 1.52. The van der Waals surface area contributed by atoms with E-state index in [0.717, 1.165) is 22.3 Å². The molecule has 3 aromatic rings. The molecule has 1 heterocycles. The first-order chi connectivity index (χ1) is 16.5. The molecule has 1 N–H and O–H groups in total. The van der Waals surface area contributed by atoms with E-state index >= 15 is 0 Å². The van der Waals surface area contributed by atoms with E-state index in [1.54, 1.807) is 48.5 Å². The largest absolute Gasteiger partial charge is 0.493 e. The lowest BCUT2D eigenvalue weighted by Gasteiger charge is -2.15. The molecule has 0 aromatic heterocycles. The fourth-order valence-corrected chi connectivity index (χ4v) is 4.62. The number of hydrogen-bond donors (Lipinski definition) is 1. The molecule has 1 fully saturated rings. The summed E-state index contributed by atoms with van der Waals surface area (Å²) >= 11 is 12.9. The third kappa shape index (κ3) is 5.41. The molecular weight excluding hydrogens is 492 g/mol. The Labute approximate surface area is 211 Å². The van der Waals surface area contributed by atoms with E-state index in [2.05, 4.69) is 5.43 Å². The minimum absolute atomic E-state index is 0.224. The molecule has 0 spiro atoms. The second-order valence-electron chi connectivity index (χ2n) is 7.13. The number of carbonyl (C=O) groups is 2. The molecule has 6 nitrogen and oxygen atoms in total. The Kier molecular flexibility index (Phi) is 7.52. The third-order valence-corrected chi connectivity index (χ3v) is 6.40. The van der Waals surface area contributed by atoms with Gasteiger partial charge < -0.3 is 9.47 Å². The predicted octanol–water partition coefficient (Wildman–Crippen LogP) is 5.47. The minimum Gasteiger partial charge on any atom is -0.493 e. The maximum Gasteiger partial charge on any atom is 0.285 e. The number of thioether (sulfide) groups is 1. The lowest BCUT2D eigenvalue weighted by atomic mass is 10.1. The third-order valence-electron chi connectivity index (χ3n) is 4.82. The predicted molar refractivity (Wildman–Crippen MR) is 138 cm³/mol. The molecule has 1 aliphatic heterocycles. The summed E-state index contributed by atoms with van der Waals surface area (Å²) in [5.41, 5.74) is 4.60. The van der Waals surface area contributed by atoms with Crippen LogP contribution >= 0.6 is 35.6 Å². The van der Waals surface area contributed by atoms with Crippen LogP contribution in [0.15, 0.2) is 77.7 Å². The van der Waals surface area contributed by atoms with E-state index in [1.807, 2.05) is 30.3 Å². The Morgan fingerprint density at radius 3 is 2.47 bits per heavy atom. The van der Waals surface area contributed by atoms with Crippen LogP contribution in [-0.2, 0) is 11.4 Å². The first kappa shape index (κ1) is 23.8. The first-order valence-electron chi connectivity index (χ1n) is 10.1.